The number of carbonyl (C=O) groups excluding carboxylic acids is 1. The van der Waals surface area contributed by atoms with Crippen molar-refractivity contribution in [3.8, 4) is 0 Å². The lowest BCUT2D eigenvalue weighted by Crippen LogP contribution is -2.27. The first-order valence-corrected chi connectivity index (χ1v) is 9.25. The number of carbonyl (C=O) groups is 1. The Morgan fingerprint density at radius 2 is 2.12 bits per heavy atom. The number of ether oxygens (including phenoxy) is 1. The zero-order chi connectivity index (χ0) is 17.6. The van der Waals surface area contributed by atoms with Gasteiger partial charge in [-0.2, -0.15) is 0 Å². The summed E-state index contributed by atoms with van der Waals surface area (Å²) in [6, 6.07) is 8.09. The van der Waals surface area contributed by atoms with Crippen LogP contribution in [0, 0.1) is 5.92 Å². The molecular weight excluding hydrogens is 334 g/mol. The van der Waals surface area contributed by atoms with Crippen LogP contribution in [0.15, 0.2) is 29.3 Å². The van der Waals surface area contributed by atoms with E-state index in [1.54, 1.807) is 0 Å². The Hall–Kier alpha value is -2.47. The Kier molecular flexibility index (Phi) is 3.92. The SMILES string of the molecule is CCOC(=O)c1sc2nc3ccccc3c3c2c1N=CN3CC(C)C. The third-order valence-electron chi connectivity index (χ3n) is 4.12. The summed E-state index contributed by atoms with van der Waals surface area (Å²) in [5.41, 5.74) is 2.70. The fourth-order valence-electron chi connectivity index (χ4n) is 3.19. The maximum absolute atomic E-state index is 12.4. The van der Waals surface area contributed by atoms with Crippen molar-refractivity contribution in [1.82, 2.24) is 4.98 Å². The minimum Gasteiger partial charge on any atom is -0.462 e. The highest BCUT2D eigenvalue weighted by molar-refractivity contribution is 7.21. The van der Waals surface area contributed by atoms with Crippen molar-refractivity contribution in [3.05, 3.63) is 29.1 Å². The molecule has 0 amide bonds. The molecule has 0 radical (unpaired) electrons. The molecule has 1 aromatic carbocycles. The Balaban J connectivity index is 2.03. The highest BCUT2D eigenvalue weighted by atomic mass is 32.1. The van der Waals surface area contributed by atoms with Crippen LogP contribution in [0.1, 0.15) is 30.4 Å². The minimum atomic E-state index is -0.329. The molecule has 6 heteroatoms. The number of hydrogen-bond acceptors (Lipinski definition) is 6. The van der Waals surface area contributed by atoms with E-state index >= 15 is 0 Å². The highest BCUT2D eigenvalue weighted by Gasteiger charge is 2.28. The summed E-state index contributed by atoms with van der Waals surface area (Å²) < 4.78 is 5.21. The zero-order valence-corrected chi connectivity index (χ0v) is 15.3. The van der Waals surface area contributed by atoms with Gasteiger partial charge in [0.05, 0.1) is 29.5 Å². The number of pyridine rings is 1. The Morgan fingerprint density at radius 3 is 2.88 bits per heavy atom. The van der Waals surface area contributed by atoms with Crippen LogP contribution in [0.3, 0.4) is 0 Å². The van der Waals surface area contributed by atoms with Gasteiger partial charge in [0.2, 0.25) is 0 Å². The van der Waals surface area contributed by atoms with E-state index in [-0.39, 0.29) is 5.97 Å². The smallest absolute Gasteiger partial charge is 0.350 e. The molecule has 0 aliphatic carbocycles. The Bertz CT molecular complexity index is 1010. The van der Waals surface area contributed by atoms with Gasteiger partial charge in [0, 0.05) is 11.9 Å². The van der Waals surface area contributed by atoms with Crippen molar-refractivity contribution in [1.29, 1.82) is 0 Å². The largest absolute Gasteiger partial charge is 0.462 e. The fourth-order valence-corrected chi connectivity index (χ4v) is 4.22. The highest BCUT2D eigenvalue weighted by Crippen LogP contribution is 2.47. The van der Waals surface area contributed by atoms with Crippen molar-refractivity contribution >= 4 is 56.1 Å². The van der Waals surface area contributed by atoms with E-state index in [1.807, 2.05) is 31.5 Å². The molecule has 128 valence electrons. The van der Waals surface area contributed by atoms with E-state index in [0.717, 1.165) is 33.4 Å². The normalized spacial score (nSPS) is 13.2. The number of rotatable bonds is 4. The van der Waals surface area contributed by atoms with E-state index in [9.17, 15) is 4.79 Å². The topological polar surface area (TPSA) is 54.8 Å². The van der Waals surface area contributed by atoms with Crippen LogP contribution in [0.5, 0.6) is 0 Å². The number of aromatic nitrogens is 1. The first-order valence-electron chi connectivity index (χ1n) is 8.43. The van der Waals surface area contributed by atoms with Crippen molar-refractivity contribution in [2.45, 2.75) is 20.8 Å². The summed E-state index contributed by atoms with van der Waals surface area (Å²) in [6.45, 7) is 7.38. The molecule has 5 nitrogen and oxygen atoms in total. The van der Waals surface area contributed by atoms with Crippen molar-refractivity contribution in [2.24, 2.45) is 10.9 Å². The molecule has 0 saturated carbocycles. The van der Waals surface area contributed by atoms with Crippen molar-refractivity contribution in [3.63, 3.8) is 0 Å². The molecule has 0 N–H and O–H groups in total. The first kappa shape index (κ1) is 16.0. The van der Waals surface area contributed by atoms with Gasteiger partial charge in [-0.1, -0.05) is 32.0 Å². The van der Waals surface area contributed by atoms with Crippen LogP contribution in [0.4, 0.5) is 11.4 Å². The second-order valence-electron chi connectivity index (χ2n) is 6.45. The predicted molar refractivity (Wildman–Crippen MR) is 103 cm³/mol. The second kappa shape index (κ2) is 6.11. The van der Waals surface area contributed by atoms with Crippen molar-refractivity contribution < 1.29 is 9.53 Å². The van der Waals surface area contributed by atoms with E-state index in [2.05, 4.69) is 29.8 Å². The van der Waals surface area contributed by atoms with Crippen molar-refractivity contribution in [2.75, 3.05) is 18.1 Å². The van der Waals surface area contributed by atoms with Crippen LogP contribution >= 0.6 is 11.3 Å². The predicted octanol–water partition coefficient (Wildman–Crippen LogP) is 4.76. The van der Waals surface area contributed by atoms with Gasteiger partial charge in [-0.05, 0) is 18.9 Å². The minimum absolute atomic E-state index is 0.329. The number of aliphatic imine (C=N–C) groups is 1. The molecule has 4 rings (SSSR count). The maximum atomic E-state index is 12.4. The van der Waals surface area contributed by atoms with Gasteiger partial charge in [-0.15, -0.1) is 11.3 Å². The second-order valence-corrected chi connectivity index (χ2v) is 7.45. The van der Waals surface area contributed by atoms with E-state index < -0.39 is 0 Å². The van der Waals surface area contributed by atoms with Gasteiger partial charge in [-0.3, -0.25) is 0 Å². The summed E-state index contributed by atoms with van der Waals surface area (Å²) >= 11 is 1.36. The lowest BCUT2D eigenvalue weighted by atomic mass is 10.1. The quantitative estimate of drug-likeness (QED) is 0.635. The fraction of sp³-hybridized carbons (Fsp3) is 0.316. The third-order valence-corrected chi connectivity index (χ3v) is 5.17. The molecule has 1 aliphatic heterocycles. The molecule has 3 heterocycles. The van der Waals surface area contributed by atoms with Gasteiger partial charge in [0.15, 0.2) is 0 Å². The van der Waals surface area contributed by atoms with Crippen LogP contribution in [-0.4, -0.2) is 30.4 Å². The van der Waals surface area contributed by atoms with Gasteiger partial charge in [0.25, 0.3) is 0 Å². The monoisotopic (exact) mass is 353 g/mol. The molecule has 0 atom stereocenters. The summed E-state index contributed by atoms with van der Waals surface area (Å²) in [7, 11) is 0. The van der Waals surface area contributed by atoms with Gasteiger partial charge < -0.3 is 9.64 Å². The number of benzene rings is 1. The molecule has 1 aliphatic rings. The number of nitrogens with zero attached hydrogens (tertiary/aromatic N) is 3. The average molecular weight is 353 g/mol. The molecule has 3 aromatic rings. The van der Waals surface area contributed by atoms with Gasteiger partial charge in [0.1, 0.15) is 15.4 Å². The standard InChI is InChI=1S/C19H19N3O2S/c1-4-24-19(23)17-15-14-16(22(10-20-15)9-11(2)3)12-7-5-6-8-13(12)21-18(14)25-17/h5-8,10-11H,4,9H2,1-3H3. The molecule has 0 bridgehead atoms. The zero-order valence-electron chi connectivity index (χ0n) is 14.4. The first-order chi connectivity index (χ1) is 12.1. The molecule has 2 aromatic heterocycles. The van der Waals surface area contributed by atoms with Crippen LogP contribution < -0.4 is 4.90 Å². The van der Waals surface area contributed by atoms with Gasteiger partial charge in [-0.25, -0.2) is 14.8 Å². The molecular formula is C19H19N3O2S. The van der Waals surface area contributed by atoms with Crippen LogP contribution in [-0.2, 0) is 4.74 Å². The number of hydrogen-bond donors (Lipinski definition) is 0. The molecule has 0 fully saturated rings. The number of para-hydroxylation sites is 1. The van der Waals surface area contributed by atoms with Crippen LogP contribution in [0.2, 0.25) is 0 Å². The van der Waals surface area contributed by atoms with E-state index in [4.69, 9.17) is 9.72 Å². The Labute approximate surface area is 149 Å². The number of esters is 1. The molecule has 0 unspecified atom stereocenters. The van der Waals surface area contributed by atoms with Crippen LogP contribution in [0.25, 0.3) is 21.1 Å². The van der Waals surface area contributed by atoms with E-state index in [1.165, 1.54) is 11.3 Å². The number of anilines is 1. The molecule has 25 heavy (non-hydrogen) atoms. The summed E-state index contributed by atoms with van der Waals surface area (Å²) in [6.07, 6.45) is 1.83. The summed E-state index contributed by atoms with van der Waals surface area (Å²) in [5.74, 6) is 0.156. The maximum Gasteiger partial charge on any atom is 0.350 e. The summed E-state index contributed by atoms with van der Waals surface area (Å²) in [5, 5.41) is 2.03. The Morgan fingerprint density at radius 1 is 1.32 bits per heavy atom. The number of thiophene rings is 1. The molecule has 0 saturated heterocycles. The summed E-state index contributed by atoms with van der Waals surface area (Å²) in [4.78, 5) is 25.2. The lowest BCUT2D eigenvalue weighted by Gasteiger charge is -2.26. The average Bonchev–Trinajstić information content (AvgIpc) is 2.96. The van der Waals surface area contributed by atoms with E-state index in [0.29, 0.717) is 23.1 Å². The van der Waals surface area contributed by atoms with Gasteiger partial charge >= 0.3 is 5.97 Å². The third kappa shape index (κ3) is 2.57. The molecule has 0 spiro atoms. The number of fused-ring (bicyclic) bond motifs is 2. The lowest BCUT2D eigenvalue weighted by molar-refractivity contribution is 0.0533.